The molecule has 9 heteroatoms. The zero-order chi connectivity index (χ0) is 19.6. The Morgan fingerprint density at radius 1 is 1.33 bits per heavy atom. The molecule has 0 aliphatic carbocycles. The van der Waals surface area contributed by atoms with Crippen molar-refractivity contribution in [3.8, 4) is 5.75 Å². The zero-order valence-corrected chi connectivity index (χ0v) is 16.2. The molecule has 0 spiro atoms. The molecule has 1 fully saturated rings. The number of amides is 2. The van der Waals surface area contributed by atoms with E-state index in [1.807, 2.05) is 24.3 Å². The topological polar surface area (TPSA) is 96.3 Å². The molecule has 146 valence electrons. The van der Waals surface area contributed by atoms with Crippen LogP contribution in [0.1, 0.15) is 24.8 Å². The van der Waals surface area contributed by atoms with Gasteiger partial charge in [0.15, 0.2) is 9.84 Å². The summed E-state index contributed by atoms with van der Waals surface area (Å²) in [4.78, 5) is 26.5. The van der Waals surface area contributed by atoms with E-state index in [2.05, 4.69) is 5.10 Å². The van der Waals surface area contributed by atoms with Crippen molar-refractivity contribution in [2.75, 3.05) is 25.7 Å². The van der Waals surface area contributed by atoms with Gasteiger partial charge in [0, 0.05) is 32.0 Å². The Labute approximate surface area is 158 Å². The predicted octanol–water partition coefficient (Wildman–Crippen LogP) is 0.819. The number of sulfone groups is 1. The van der Waals surface area contributed by atoms with Gasteiger partial charge in [-0.2, -0.15) is 5.10 Å². The minimum absolute atomic E-state index is 0.0496. The van der Waals surface area contributed by atoms with Gasteiger partial charge >= 0.3 is 0 Å². The van der Waals surface area contributed by atoms with Crippen LogP contribution in [-0.4, -0.2) is 67.6 Å². The molecule has 1 aromatic rings. The molecule has 3 rings (SSSR count). The van der Waals surface area contributed by atoms with Crippen LogP contribution in [-0.2, 0) is 26.0 Å². The highest BCUT2D eigenvalue weighted by Gasteiger charge is 2.37. The van der Waals surface area contributed by atoms with Crippen molar-refractivity contribution in [3.05, 3.63) is 29.8 Å². The molecule has 8 nitrogen and oxygen atoms in total. The van der Waals surface area contributed by atoms with Gasteiger partial charge in [0.05, 0.1) is 24.7 Å². The summed E-state index contributed by atoms with van der Waals surface area (Å²) >= 11 is 0. The molecule has 0 aromatic heterocycles. The van der Waals surface area contributed by atoms with Crippen molar-refractivity contribution in [1.82, 2.24) is 9.91 Å². The summed E-state index contributed by atoms with van der Waals surface area (Å²) in [7, 11) is 0.0961. The summed E-state index contributed by atoms with van der Waals surface area (Å²) < 4.78 is 28.7. The molecule has 0 saturated carbocycles. The molecule has 0 N–H and O–H groups in total. The van der Waals surface area contributed by atoms with Gasteiger partial charge in [-0.1, -0.05) is 18.2 Å². The highest BCUT2D eigenvalue weighted by molar-refractivity contribution is 7.91. The molecule has 1 aromatic carbocycles. The maximum atomic E-state index is 12.8. The van der Waals surface area contributed by atoms with Crippen molar-refractivity contribution in [1.29, 1.82) is 0 Å². The number of methoxy groups -OCH3 is 1. The van der Waals surface area contributed by atoms with Gasteiger partial charge in [-0.25, -0.2) is 13.4 Å². The number of hydrazone groups is 1. The van der Waals surface area contributed by atoms with E-state index in [-0.39, 0.29) is 41.9 Å². The van der Waals surface area contributed by atoms with Crippen LogP contribution in [0.2, 0.25) is 0 Å². The minimum Gasteiger partial charge on any atom is -0.496 e. The number of para-hydroxylation sites is 1. The van der Waals surface area contributed by atoms with Crippen LogP contribution >= 0.6 is 0 Å². The first kappa shape index (κ1) is 19.3. The summed E-state index contributed by atoms with van der Waals surface area (Å²) in [6.07, 6.45) is 0.767. The predicted molar refractivity (Wildman–Crippen MR) is 100 cm³/mol. The van der Waals surface area contributed by atoms with Crippen molar-refractivity contribution in [2.45, 2.75) is 31.8 Å². The van der Waals surface area contributed by atoms with E-state index in [1.165, 1.54) is 9.91 Å². The number of benzene rings is 1. The molecule has 2 heterocycles. The lowest BCUT2D eigenvalue weighted by molar-refractivity contribution is -0.134. The second-order valence-electron chi connectivity index (χ2n) is 6.81. The third-order valence-electron chi connectivity index (χ3n) is 4.81. The van der Waals surface area contributed by atoms with Crippen LogP contribution in [0.3, 0.4) is 0 Å². The number of hydrogen-bond acceptors (Lipinski definition) is 6. The Bertz CT molecular complexity index is 881. The molecule has 0 radical (unpaired) electrons. The summed E-state index contributed by atoms with van der Waals surface area (Å²) in [5, 5.41) is 5.44. The molecule has 2 amide bonds. The van der Waals surface area contributed by atoms with Gasteiger partial charge in [0.2, 0.25) is 5.91 Å². The Morgan fingerprint density at radius 2 is 2.07 bits per heavy atom. The first-order chi connectivity index (χ1) is 12.8. The minimum atomic E-state index is -3.14. The molecular weight excluding hydrogens is 370 g/mol. The van der Waals surface area contributed by atoms with E-state index in [4.69, 9.17) is 4.74 Å². The third-order valence-corrected chi connectivity index (χ3v) is 6.56. The average molecular weight is 393 g/mol. The van der Waals surface area contributed by atoms with Crippen molar-refractivity contribution in [2.24, 2.45) is 5.10 Å². The smallest absolute Gasteiger partial charge is 0.270 e. The molecule has 1 saturated heterocycles. The van der Waals surface area contributed by atoms with Crippen molar-refractivity contribution >= 4 is 27.4 Å². The van der Waals surface area contributed by atoms with E-state index in [1.54, 1.807) is 14.2 Å². The van der Waals surface area contributed by atoms with Gasteiger partial charge < -0.3 is 9.64 Å². The molecular formula is C18H23N3O5S. The molecule has 0 unspecified atom stereocenters. The van der Waals surface area contributed by atoms with Gasteiger partial charge in [0.25, 0.3) is 5.91 Å². The van der Waals surface area contributed by atoms with E-state index in [0.717, 1.165) is 5.56 Å². The van der Waals surface area contributed by atoms with Gasteiger partial charge in [-0.15, -0.1) is 0 Å². The first-order valence-electron chi connectivity index (χ1n) is 8.78. The Morgan fingerprint density at radius 3 is 2.74 bits per heavy atom. The second-order valence-corrected chi connectivity index (χ2v) is 9.04. The summed E-state index contributed by atoms with van der Waals surface area (Å²) in [6.45, 7) is 0.341. The van der Waals surface area contributed by atoms with Crippen LogP contribution < -0.4 is 4.74 Å². The standard InChI is InChI=1S/C18H23N3O5S/c1-20(11-13-5-3-4-6-16(13)26-2)18(23)15-7-8-17(22)21(19-15)14-9-10-27(24,25)12-14/h3-6,14H,7-12H2,1-2H3/t14-/m1/s1. The zero-order valence-electron chi connectivity index (χ0n) is 15.4. The third kappa shape index (κ3) is 4.29. The number of carbonyl (C=O) groups excluding carboxylic acids is 2. The summed E-state index contributed by atoms with van der Waals surface area (Å²) in [5.74, 6) is 0.130. The Balaban J connectivity index is 1.75. The average Bonchev–Trinajstić information content (AvgIpc) is 3.01. The van der Waals surface area contributed by atoms with Crippen molar-refractivity contribution in [3.63, 3.8) is 0 Å². The lowest BCUT2D eigenvalue weighted by Crippen LogP contribution is -2.44. The van der Waals surface area contributed by atoms with Gasteiger partial charge in [-0.3, -0.25) is 9.59 Å². The van der Waals surface area contributed by atoms with E-state index >= 15 is 0 Å². The molecule has 1 atom stereocenters. The quantitative estimate of drug-likeness (QED) is 0.738. The first-order valence-corrected chi connectivity index (χ1v) is 10.6. The highest BCUT2D eigenvalue weighted by Crippen LogP contribution is 2.23. The van der Waals surface area contributed by atoms with Gasteiger partial charge in [0.1, 0.15) is 11.5 Å². The van der Waals surface area contributed by atoms with Crippen molar-refractivity contribution < 1.29 is 22.7 Å². The lowest BCUT2D eigenvalue weighted by Gasteiger charge is -2.29. The molecule has 2 aliphatic heterocycles. The fourth-order valence-electron chi connectivity index (χ4n) is 3.36. The van der Waals surface area contributed by atoms with E-state index in [0.29, 0.717) is 18.7 Å². The van der Waals surface area contributed by atoms with Crippen LogP contribution in [0.15, 0.2) is 29.4 Å². The monoisotopic (exact) mass is 393 g/mol. The second kappa shape index (κ2) is 7.67. The lowest BCUT2D eigenvalue weighted by atomic mass is 10.1. The highest BCUT2D eigenvalue weighted by atomic mass is 32.2. The number of rotatable bonds is 5. The molecule has 2 aliphatic rings. The maximum Gasteiger partial charge on any atom is 0.270 e. The Hall–Kier alpha value is -2.42. The van der Waals surface area contributed by atoms with Gasteiger partial charge in [-0.05, 0) is 12.5 Å². The number of ether oxygens (including phenoxy) is 1. The number of hydrogen-bond donors (Lipinski definition) is 0. The molecule has 0 bridgehead atoms. The Kier molecular flexibility index (Phi) is 5.50. The van der Waals surface area contributed by atoms with E-state index < -0.39 is 15.9 Å². The van der Waals surface area contributed by atoms with Crippen LogP contribution in [0.25, 0.3) is 0 Å². The van der Waals surface area contributed by atoms with Crippen LogP contribution in [0.4, 0.5) is 0 Å². The largest absolute Gasteiger partial charge is 0.496 e. The van der Waals surface area contributed by atoms with E-state index in [9.17, 15) is 18.0 Å². The SMILES string of the molecule is COc1ccccc1CN(C)C(=O)C1=NN([C@@H]2CCS(=O)(=O)C2)C(=O)CC1. The number of carbonyl (C=O) groups is 2. The fraction of sp³-hybridized carbons (Fsp3) is 0.500. The molecule has 27 heavy (non-hydrogen) atoms. The maximum absolute atomic E-state index is 12.8. The van der Waals surface area contributed by atoms with Crippen LogP contribution in [0, 0.1) is 0 Å². The summed E-state index contributed by atoms with van der Waals surface area (Å²) in [5.41, 5.74) is 1.14. The van der Waals surface area contributed by atoms with Crippen LogP contribution in [0.5, 0.6) is 5.75 Å². The normalized spacial score (nSPS) is 21.7. The fourth-order valence-corrected chi connectivity index (χ4v) is 5.05. The number of nitrogens with zero attached hydrogens (tertiary/aromatic N) is 3. The summed E-state index contributed by atoms with van der Waals surface area (Å²) in [6, 6.07) is 6.95.